The van der Waals surface area contributed by atoms with Crippen molar-refractivity contribution in [1.82, 2.24) is 20.1 Å². The van der Waals surface area contributed by atoms with Crippen LogP contribution in [0.25, 0.3) is 0 Å². The fourth-order valence-electron chi connectivity index (χ4n) is 1.10. The summed E-state index contributed by atoms with van der Waals surface area (Å²) in [5.74, 6) is 0.682. The first-order chi connectivity index (χ1) is 7.13. The van der Waals surface area contributed by atoms with Gasteiger partial charge in [0.05, 0.1) is 6.07 Å². The van der Waals surface area contributed by atoms with Gasteiger partial charge in [-0.1, -0.05) is 11.8 Å². The normalized spacial score (nSPS) is 12.7. The van der Waals surface area contributed by atoms with Crippen molar-refractivity contribution in [3.8, 4) is 6.07 Å². The third kappa shape index (κ3) is 3.90. The highest BCUT2D eigenvalue weighted by Gasteiger charge is 2.10. The summed E-state index contributed by atoms with van der Waals surface area (Å²) in [5, 5.41) is 16.9. The van der Waals surface area contributed by atoms with E-state index in [9.17, 15) is 0 Å². The fraction of sp³-hybridized carbons (Fsp3) is 0.667. The van der Waals surface area contributed by atoms with Crippen molar-refractivity contribution in [2.45, 2.75) is 31.1 Å². The molecule has 0 saturated carbocycles. The van der Waals surface area contributed by atoms with Crippen molar-refractivity contribution >= 4 is 11.8 Å². The van der Waals surface area contributed by atoms with E-state index in [1.54, 1.807) is 4.68 Å². The third-order valence-electron chi connectivity index (χ3n) is 1.74. The van der Waals surface area contributed by atoms with Crippen LogP contribution in [-0.4, -0.2) is 32.6 Å². The van der Waals surface area contributed by atoms with Gasteiger partial charge in [-0.05, 0) is 13.8 Å². The van der Waals surface area contributed by atoms with Crippen LogP contribution in [0.5, 0.6) is 0 Å². The molecule has 1 atom stereocenters. The SMILES string of the molecule is CC(C)NC(C#N)CSc1ncnn1C. The first-order valence-electron chi connectivity index (χ1n) is 4.76. The molecule has 6 heteroatoms. The van der Waals surface area contributed by atoms with Crippen LogP contribution < -0.4 is 5.32 Å². The molecule has 0 aliphatic carbocycles. The number of nitrogens with zero attached hydrogens (tertiary/aromatic N) is 4. The first-order valence-corrected chi connectivity index (χ1v) is 5.74. The molecule has 0 fully saturated rings. The Bertz CT molecular complexity index is 341. The summed E-state index contributed by atoms with van der Waals surface area (Å²) in [4.78, 5) is 4.08. The molecule has 0 bridgehead atoms. The topological polar surface area (TPSA) is 66.5 Å². The monoisotopic (exact) mass is 225 g/mol. The Morgan fingerprint density at radius 2 is 2.40 bits per heavy atom. The van der Waals surface area contributed by atoms with Gasteiger partial charge in [-0.3, -0.25) is 5.32 Å². The zero-order valence-electron chi connectivity index (χ0n) is 9.14. The van der Waals surface area contributed by atoms with Crippen LogP contribution in [0.4, 0.5) is 0 Å². The molecule has 5 nitrogen and oxygen atoms in total. The van der Waals surface area contributed by atoms with Crippen LogP contribution in [0.3, 0.4) is 0 Å². The van der Waals surface area contributed by atoms with E-state index in [1.165, 1.54) is 18.1 Å². The summed E-state index contributed by atoms with van der Waals surface area (Å²) in [5.41, 5.74) is 0. The number of aryl methyl sites for hydroxylation is 1. The standard InChI is InChI=1S/C9H15N5S/c1-7(2)13-8(4-10)5-15-9-11-6-12-14(9)3/h6-8,13H,5H2,1-3H3. The van der Waals surface area contributed by atoms with Crippen molar-refractivity contribution in [3.63, 3.8) is 0 Å². The number of hydrogen-bond donors (Lipinski definition) is 1. The number of hydrogen-bond acceptors (Lipinski definition) is 5. The second-order valence-electron chi connectivity index (χ2n) is 3.48. The fourth-order valence-corrected chi connectivity index (χ4v) is 1.94. The number of nitriles is 1. The Morgan fingerprint density at radius 1 is 1.67 bits per heavy atom. The van der Waals surface area contributed by atoms with Crippen molar-refractivity contribution < 1.29 is 0 Å². The number of nitrogens with one attached hydrogen (secondary N) is 1. The summed E-state index contributed by atoms with van der Waals surface area (Å²) < 4.78 is 1.70. The number of aromatic nitrogens is 3. The molecule has 1 heterocycles. The van der Waals surface area contributed by atoms with Crippen LogP contribution in [0.1, 0.15) is 13.8 Å². The Hall–Kier alpha value is -1.06. The number of thioether (sulfide) groups is 1. The second-order valence-corrected chi connectivity index (χ2v) is 4.47. The lowest BCUT2D eigenvalue weighted by atomic mass is 10.3. The quantitative estimate of drug-likeness (QED) is 0.751. The minimum Gasteiger partial charge on any atom is -0.299 e. The summed E-state index contributed by atoms with van der Waals surface area (Å²) in [7, 11) is 1.84. The summed E-state index contributed by atoms with van der Waals surface area (Å²) in [6.07, 6.45) is 1.51. The van der Waals surface area contributed by atoms with Gasteiger partial charge in [0.15, 0.2) is 5.16 Å². The molecule has 0 amide bonds. The van der Waals surface area contributed by atoms with Crippen molar-refractivity contribution in [2.75, 3.05) is 5.75 Å². The van der Waals surface area contributed by atoms with E-state index in [-0.39, 0.29) is 6.04 Å². The van der Waals surface area contributed by atoms with Gasteiger partial charge < -0.3 is 0 Å². The second kappa shape index (κ2) is 5.73. The minimum atomic E-state index is -0.147. The maximum Gasteiger partial charge on any atom is 0.185 e. The molecule has 0 spiro atoms. The van der Waals surface area contributed by atoms with E-state index < -0.39 is 0 Å². The van der Waals surface area contributed by atoms with Gasteiger partial charge in [-0.25, -0.2) is 9.67 Å². The highest BCUT2D eigenvalue weighted by molar-refractivity contribution is 7.99. The molecule has 1 aromatic rings. The van der Waals surface area contributed by atoms with Gasteiger partial charge in [0.2, 0.25) is 0 Å². The maximum absolute atomic E-state index is 8.90. The molecule has 1 rings (SSSR count). The van der Waals surface area contributed by atoms with E-state index in [4.69, 9.17) is 5.26 Å². The minimum absolute atomic E-state index is 0.147. The van der Waals surface area contributed by atoms with Gasteiger partial charge in [-0.2, -0.15) is 10.4 Å². The first kappa shape index (κ1) is 12.0. The Balaban J connectivity index is 2.42. The zero-order chi connectivity index (χ0) is 11.3. The van der Waals surface area contributed by atoms with Crippen molar-refractivity contribution in [3.05, 3.63) is 6.33 Å². The molecule has 1 unspecified atom stereocenters. The van der Waals surface area contributed by atoms with Crippen LogP contribution in [0.15, 0.2) is 11.5 Å². The average Bonchev–Trinajstić information content (AvgIpc) is 2.58. The molecule has 15 heavy (non-hydrogen) atoms. The lowest BCUT2D eigenvalue weighted by Gasteiger charge is -2.13. The maximum atomic E-state index is 8.90. The molecule has 0 aromatic carbocycles. The van der Waals surface area contributed by atoms with Gasteiger partial charge in [0.25, 0.3) is 0 Å². The van der Waals surface area contributed by atoms with Crippen molar-refractivity contribution in [2.24, 2.45) is 7.05 Å². The average molecular weight is 225 g/mol. The van der Waals surface area contributed by atoms with Gasteiger partial charge in [0.1, 0.15) is 12.4 Å². The van der Waals surface area contributed by atoms with E-state index in [2.05, 4.69) is 21.5 Å². The van der Waals surface area contributed by atoms with Crippen LogP contribution in [0.2, 0.25) is 0 Å². The number of rotatable bonds is 5. The largest absolute Gasteiger partial charge is 0.299 e. The summed E-state index contributed by atoms with van der Waals surface area (Å²) in [6, 6.07) is 2.39. The van der Waals surface area contributed by atoms with E-state index in [0.29, 0.717) is 11.8 Å². The molecule has 82 valence electrons. The highest BCUT2D eigenvalue weighted by atomic mass is 32.2. The summed E-state index contributed by atoms with van der Waals surface area (Å²) in [6.45, 7) is 4.05. The molecule has 1 aromatic heterocycles. The predicted octanol–water partition coefficient (Wildman–Crippen LogP) is 0.797. The molecule has 0 aliphatic heterocycles. The van der Waals surface area contributed by atoms with Gasteiger partial charge >= 0.3 is 0 Å². The highest BCUT2D eigenvalue weighted by Crippen LogP contribution is 2.14. The van der Waals surface area contributed by atoms with Gasteiger partial charge in [0, 0.05) is 18.8 Å². The smallest absolute Gasteiger partial charge is 0.185 e. The molecular formula is C9H15N5S. The molecule has 1 N–H and O–H groups in total. The Kier molecular flexibility index (Phi) is 4.59. The van der Waals surface area contributed by atoms with E-state index in [0.717, 1.165) is 5.16 Å². The molecule has 0 saturated heterocycles. The van der Waals surface area contributed by atoms with E-state index in [1.807, 2.05) is 20.9 Å². The Morgan fingerprint density at radius 3 is 2.87 bits per heavy atom. The Labute approximate surface area is 93.9 Å². The lowest BCUT2D eigenvalue weighted by molar-refractivity contribution is 0.559. The van der Waals surface area contributed by atoms with E-state index >= 15 is 0 Å². The third-order valence-corrected chi connectivity index (χ3v) is 2.87. The van der Waals surface area contributed by atoms with Crippen LogP contribution >= 0.6 is 11.8 Å². The van der Waals surface area contributed by atoms with Crippen molar-refractivity contribution in [1.29, 1.82) is 5.26 Å². The molecule has 0 radical (unpaired) electrons. The lowest BCUT2D eigenvalue weighted by Crippen LogP contribution is -2.35. The van der Waals surface area contributed by atoms with Crippen LogP contribution in [0, 0.1) is 11.3 Å². The van der Waals surface area contributed by atoms with Gasteiger partial charge in [-0.15, -0.1) is 0 Å². The summed E-state index contributed by atoms with van der Waals surface area (Å²) >= 11 is 1.53. The molecular weight excluding hydrogens is 210 g/mol. The van der Waals surface area contributed by atoms with Crippen LogP contribution in [-0.2, 0) is 7.05 Å². The molecule has 0 aliphatic rings. The zero-order valence-corrected chi connectivity index (χ0v) is 9.95. The predicted molar refractivity (Wildman–Crippen MR) is 59.4 cm³/mol.